The van der Waals surface area contributed by atoms with Crippen LogP contribution in [0.25, 0.3) is 32.3 Å². The molecule has 0 aliphatic heterocycles. The van der Waals surface area contributed by atoms with Gasteiger partial charge in [0.2, 0.25) is 0 Å². The lowest BCUT2D eigenvalue weighted by atomic mass is 10.0. The van der Waals surface area contributed by atoms with Gasteiger partial charge in [0, 0.05) is 51.0 Å². The van der Waals surface area contributed by atoms with E-state index in [0.29, 0.717) is 23.7 Å². The smallest absolute Gasteiger partial charge is 0.323 e. The largest absolute Gasteiger partial charge is 0.383 e. The first kappa shape index (κ1) is 27.1. The van der Waals surface area contributed by atoms with E-state index in [4.69, 9.17) is 11.5 Å². The second-order valence-electron chi connectivity index (χ2n) is 8.72. The number of carbonyl (C=O) groups is 1. The number of amides is 2. The minimum absolute atomic E-state index is 0.137. The molecule has 0 radical (unpaired) electrons. The highest BCUT2D eigenvalue weighted by Crippen LogP contribution is 2.42. The van der Waals surface area contributed by atoms with Crippen LogP contribution < -0.4 is 27.4 Å². The van der Waals surface area contributed by atoms with Gasteiger partial charge in [0.15, 0.2) is 0 Å². The summed E-state index contributed by atoms with van der Waals surface area (Å²) in [4.78, 5) is 16.9. The number of rotatable bonds is 9. The van der Waals surface area contributed by atoms with Crippen LogP contribution in [0.4, 0.5) is 27.7 Å². The van der Waals surface area contributed by atoms with E-state index >= 15 is 0 Å². The van der Waals surface area contributed by atoms with Crippen molar-refractivity contribution in [3.8, 4) is 22.3 Å². The molecule has 2 aromatic heterocycles. The SMILES string of the molecule is NCc1cccc(NC(=O)Nc2ccc(-c3csc4c(-c5ccc(NCO[SH](=O)=O)cc5)cnc(N)c34)cc2)c1. The van der Waals surface area contributed by atoms with E-state index in [1.54, 1.807) is 23.6 Å². The first-order chi connectivity index (χ1) is 19.4. The van der Waals surface area contributed by atoms with Gasteiger partial charge in [-0.05, 0) is 58.5 Å². The number of carbonyl (C=O) groups excluding carboxylic acids is 1. The highest BCUT2D eigenvalue weighted by molar-refractivity contribution is 7.67. The molecule has 0 fully saturated rings. The molecule has 0 aliphatic rings. The Morgan fingerprint density at radius 1 is 0.900 bits per heavy atom. The fourth-order valence-corrected chi connectivity index (χ4v) is 5.51. The summed E-state index contributed by atoms with van der Waals surface area (Å²) in [5.41, 5.74) is 18.7. The van der Waals surface area contributed by atoms with Crippen LogP contribution in [0.5, 0.6) is 0 Å². The number of nitrogens with two attached hydrogens (primary N) is 2. The topological polar surface area (TPSA) is 161 Å². The number of benzene rings is 3. The number of nitrogens with zero attached hydrogens (tertiary/aromatic N) is 1. The second kappa shape index (κ2) is 12.1. The molecule has 0 unspecified atom stereocenters. The fourth-order valence-electron chi connectivity index (χ4n) is 4.22. The molecule has 5 aromatic rings. The Hall–Kier alpha value is -4.49. The quantitative estimate of drug-likeness (QED) is 0.103. The highest BCUT2D eigenvalue weighted by Gasteiger charge is 2.15. The van der Waals surface area contributed by atoms with E-state index < -0.39 is 11.0 Å². The zero-order valence-corrected chi connectivity index (χ0v) is 22.8. The number of aromatic nitrogens is 1. The molecule has 10 nitrogen and oxygen atoms in total. The molecule has 40 heavy (non-hydrogen) atoms. The first-order valence-corrected chi connectivity index (χ1v) is 14.1. The third-order valence-corrected chi connectivity index (χ3v) is 7.49. The summed E-state index contributed by atoms with van der Waals surface area (Å²) in [5, 5.41) is 11.4. The molecule has 3 aromatic carbocycles. The van der Waals surface area contributed by atoms with Crippen molar-refractivity contribution < 1.29 is 17.4 Å². The van der Waals surface area contributed by atoms with Gasteiger partial charge in [0.1, 0.15) is 12.5 Å². The maximum Gasteiger partial charge on any atom is 0.323 e. The van der Waals surface area contributed by atoms with E-state index in [9.17, 15) is 13.2 Å². The van der Waals surface area contributed by atoms with E-state index in [0.717, 1.165) is 43.6 Å². The first-order valence-electron chi connectivity index (χ1n) is 12.2. The van der Waals surface area contributed by atoms with Crippen LogP contribution in [0.15, 0.2) is 84.4 Å². The van der Waals surface area contributed by atoms with E-state index in [1.165, 1.54) is 0 Å². The summed E-state index contributed by atoms with van der Waals surface area (Å²) < 4.78 is 26.6. The molecule has 0 atom stereocenters. The van der Waals surface area contributed by atoms with Crippen molar-refractivity contribution in [2.75, 3.05) is 28.4 Å². The van der Waals surface area contributed by atoms with Crippen molar-refractivity contribution in [3.05, 3.63) is 89.9 Å². The van der Waals surface area contributed by atoms with E-state index in [1.807, 2.05) is 72.1 Å². The normalized spacial score (nSPS) is 11.1. The average molecular weight is 575 g/mol. The van der Waals surface area contributed by atoms with Crippen LogP contribution in [0, 0.1) is 0 Å². The third-order valence-electron chi connectivity index (χ3n) is 6.14. The predicted octanol–water partition coefficient (Wildman–Crippen LogP) is 5.23. The Kier molecular flexibility index (Phi) is 8.22. The minimum Gasteiger partial charge on any atom is -0.383 e. The van der Waals surface area contributed by atoms with Gasteiger partial charge >= 0.3 is 6.03 Å². The van der Waals surface area contributed by atoms with Gasteiger partial charge in [-0.25, -0.2) is 18.2 Å². The number of hydrogen-bond donors (Lipinski definition) is 6. The predicted molar refractivity (Wildman–Crippen MR) is 162 cm³/mol. The molecule has 12 heteroatoms. The molecule has 2 amide bonds. The molecule has 0 saturated carbocycles. The Balaban J connectivity index is 1.33. The average Bonchev–Trinajstić information content (AvgIpc) is 3.40. The highest BCUT2D eigenvalue weighted by atomic mass is 32.2. The van der Waals surface area contributed by atoms with Crippen LogP contribution in [0.2, 0.25) is 0 Å². The van der Waals surface area contributed by atoms with Crippen LogP contribution >= 0.6 is 11.3 Å². The molecule has 2 heterocycles. The Morgan fingerprint density at radius 2 is 1.57 bits per heavy atom. The molecule has 0 saturated heterocycles. The maximum atomic E-state index is 12.5. The summed E-state index contributed by atoms with van der Waals surface area (Å²) in [6, 6.07) is 22.1. The molecule has 0 bridgehead atoms. The van der Waals surface area contributed by atoms with Crippen molar-refractivity contribution in [1.82, 2.24) is 4.98 Å². The van der Waals surface area contributed by atoms with Gasteiger partial charge in [-0.3, -0.25) is 4.18 Å². The van der Waals surface area contributed by atoms with Crippen LogP contribution in [0.1, 0.15) is 5.56 Å². The maximum absolute atomic E-state index is 12.5. The summed E-state index contributed by atoms with van der Waals surface area (Å²) in [6.45, 7) is 0.258. The molecule has 0 spiro atoms. The zero-order chi connectivity index (χ0) is 28.1. The summed E-state index contributed by atoms with van der Waals surface area (Å²) in [7, 11) is -2.90. The minimum atomic E-state index is -2.90. The summed E-state index contributed by atoms with van der Waals surface area (Å²) in [5.74, 6) is 0.429. The number of nitrogen functional groups attached to an aromatic ring is 1. The van der Waals surface area contributed by atoms with Gasteiger partial charge < -0.3 is 27.4 Å². The van der Waals surface area contributed by atoms with Crippen molar-refractivity contribution in [2.45, 2.75) is 6.54 Å². The van der Waals surface area contributed by atoms with Crippen LogP contribution in [0.3, 0.4) is 0 Å². The zero-order valence-electron chi connectivity index (χ0n) is 21.1. The number of nitrogens with one attached hydrogen (secondary N) is 3. The standard InChI is InChI=1S/C28H26N6O4S2/c29-13-17-2-1-3-22(12-17)34-28(35)33-21-10-6-19(7-11-21)24-15-39-26-23(14-31-27(30)25(24)26)18-4-8-20(9-5-18)32-16-38-40(36)37/h1-12,14-15,32,40H,13,16,29H2,(H2,30,31)(H2,33,34,35). The van der Waals surface area contributed by atoms with Gasteiger partial charge in [0.05, 0.1) is 0 Å². The fraction of sp³-hybridized carbons (Fsp3) is 0.0714. The molecule has 204 valence electrons. The van der Waals surface area contributed by atoms with Crippen molar-refractivity contribution in [2.24, 2.45) is 5.73 Å². The van der Waals surface area contributed by atoms with Gasteiger partial charge in [-0.1, -0.05) is 36.4 Å². The second-order valence-corrected chi connectivity index (χ2v) is 10.3. The number of pyridine rings is 1. The van der Waals surface area contributed by atoms with Crippen LogP contribution in [-0.2, 0) is 21.7 Å². The van der Waals surface area contributed by atoms with Crippen molar-refractivity contribution in [1.29, 1.82) is 0 Å². The van der Waals surface area contributed by atoms with Gasteiger partial charge in [-0.15, -0.1) is 11.3 Å². The summed E-state index contributed by atoms with van der Waals surface area (Å²) >= 11 is 1.57. The Bertz CT molecular complexity index is 1730. The lowest BCUT2D eigenvalue weighted by Crippen LogP contribution is -2.19. The number of urea groups is 1. The van der Waals surface area contributed by atoms with Gasteiger partial charge in [-0.2, -0.15) is 0 Å². The Labute approximate surface area is 236 Å². The third kappa shape index (κ3) is 6.21. The van der Waals surface area contributed by atoms with E-state index in [-0.39, 0.29) is 12.8 Å². The number of thiol groups is 1. The summed E-state index contributed by atoms with van der Waals surface area (Å²) in [6.07, 6.45) is 1.75. The lowest BCUT2D eigenvalue weighted by Gasteiger charge is -2.10. The van der Waals surface area contributed by atoms with Crippen LogP contribution in [-0.4, -0.2) is 26.2 Å². The molecular weight excluding hydrogens is 548 g/mol. The number of hydrogen-bond acceptors (Lipinski definition) is 9. The number of thiophene rings is 1. The molecule has 7 N–H and O–H groups in total. The Morgan fingerprint density at radius 3 is 2.27 bits per heavy atom. The lowest BCUT2D eigenvalue weighted by molar-refractivity contribution is 0.262. The molecule has 0 aliphatic carbocycles. The van der Waals surface area contributed by atoms with Gasteiger partial charge in [0.25, 0.3) is 11.0 Å². The van der Waals surface area contributed by atoms with Crippen molar-refractivity contribution >= 4 is 61.3 Å². The number of fused-ring (bicyclic) bond motifs is 1. The van der Waals surface area contributed by atoms with Crippen molar-refractivity contribution in [3.63, 3.8) is 0 Å². The molecule has 5 rings (SSSR count). The number of anilines is 4. The monoisotopic (exact) mass is 574 g/mol. The molecular formula is C28H26N6O4S2. The van der Waals surface area contributed by atoms with E-state index in [2.05, 4.69) is 25.1 Å².